The van der Waals surface area contributed by atoms with Gasteiger partial charge < -0.3 is 14.4 Å². The Morgan fingerprint density at radius 2 is 1.85 bits per heavy atom. The molecule has 0 aliphatic rings. The van der Waals surface area contributed by atoms with Gasteiger partial charge in [-0.25, -0.2) is 0 Å². The van der Waals surface area contributed by atoms with E-state index in [0.717, 1.165) is 24.2 Å². The quantitative estimate of drug-likeness (QED) is 0.440. The molecule has 144 valence electrons. The maximum absolute atomic E-state index is 12.6. The number of rotatable bonds is 11. The van der Waals surface area contributed by atoms with Gasteiger partial charge in [-0.2, -0.15) is 0 Å². The van der Waals surface area contributed by atoms with Gasteiger partial charge >= 0.3 is 5.97 Å². The maximum atomic E-state index is 12.6. The van der Waals surface area contributed by atoms with Crippen molar-refractivity contribution in [2.45, 2.75) is 53.0 Å². The van der Waals surface area contributed by atoms with Gasteiger partial charge in [0.1, 0.15) is 5.75 Å². The lowest BCUT2D eigenvalue weighted by atomic mass is 10.1. The van der Waals surface area contributed by atoms with Crippen molar-refractivity contribution in [1.82, 2.24) is 4.90 Å². The molecule has 0 aliphatic carbocycles. The largest absolute Gasteiger partial charge is 0.494 e. The summed E-state index contributed by atoms with van der Waals surface area (Å²) in [6, 6.07) is 7.69. The van der Waals surface area contributed by atoms with Gasteiger partial charge in [0.25, 0.3) is 0 Å². The summed E-state index contributed by atoms with van der Waals surface area (Å²) >= 11 is 0. The molecule has 0 spiro atoms. The van der Waals surface area contributed by atoms with Crippen molar-refractivity contribution in [2.24, 2.45) is 0 Å². The average molecular weight is 361 g/mol. The molecule has 1 amide bonds. The Morgan fingerprint density at radius 3 is 2.42 bits per heavy atom. The molecule has 26 heavy (non-hydrogen) atoms. The van der Waals surface area contributed by atoms with Crippen molar-refractivity contribution in [2.75, 3.05) is 19.8 Å². The van der Waals surface area contributed by atoms with E-state index in [-0.39, 0.29) is 24.3 Å². The molecule has 0 radical (unpaired) electrons. The van der Waals surface area contributed by atoms with Crippen LogP contribution in [0.25, 0.3) is 6.08 Å². The van der Waals surface area contributed by atoms with E-state index in [1.807, 2.05) is 38.1 Å². The Morgan fingerprint density at radius 1 is 1.15 bits per heavy atom. The molecular weight excluding hydrogens is 330 g/mol. The molecule has 1 atom stereocenters. The number of carbonyl (C=O) groups is 2. The summed E-state index contributed by atoms with van der Waals surface area (Å²) in [4.78, 5) is 25.8. The van der Waals surface area contributed by atoms with Crippen molar-refractivity contribution in [3.63, 3.8) is 0 Å². The minimum Gasteiger partial charge on any atom is -0.494 e. The zero-order chi connectivity index (χ0) is 19.4. The van der Waals surface area contributed by atoms with Crippen LogP contribution < -0.4 is 4.74 Å². The first-order valence-corrected chi connectivity index (χ1v) is 9.38. The van der Waals surface area contributed by atoms with E-state index in [2.05, 4.69) is 6.92 Å². The van der Waals surface area contributed by atoms with Crippen LogP contribution in [0.4, 0.5) is 0 Å². The molecule has 5 nitrogen and oxygen atoms in total. The van der Waals surface area contributed by atoms with E-state index in [9.17, 15) is 9.59 Å². The van der Waals surface area contributed by atoms with Gasteiger partial charge in [-0.15, -0.1) is 0 Å². The fourth-order valence-electron chi connectivity index (χ4n) is 2.37. The summed E-state index contributed by atoms with van der Waals surface area (Å²) in [6.07, 6.45) is 5.34. The van der Waals surface area contributed by atoms with E-state index in [1.165, 1.54) is 0 Å². The summed E-state index contributed by atoms with van der Waals surface area (Å²) in [7, 11) is 0. The van der Waals surface area contributed by atoms with Crippen molar-refractivity contribution >= 4 is 18.0 Å². The van der Waals surface area contributed by atoms with E-state index < -0.39 is 0 Å². The molecular formula is C21H31NO4. The lowest BCUT2D eigenvalue weighted by molar-refractivity contribution is -0.144. The monoisotopic (exact) mass is 361 g/mol. The average Bonchev–Trinajstić information content (AvgIpc) is 2.65. The van der Waals surface area contributed by atoms with E-state index in [0.29, 0.717) is 19.8 Å². The minimum absolute atomic E-state index is 0.0615. The number of benzene rings is 1. The SMILES string of the molecule is CCCOc1ccc(/C=C/C(=O)N(CCC(=O)OCC)C(C)CC)cc1. The second-order valence-corrected chi connectivity index (χ2v) is 6.09. The third kappa shape index (κ3) is 7.72. The normalized spacial score (nSPS) is 12.0. The van der Waals surface area contributed by atoms with Crippen molar-refractivity contribution < 1.29 is 19.1 Å². The number of amides is 1. The third-order valence-corrected chi connectivity index (χ3v) is 4.04. The molecule has 1 unspecified atom stereocenters. The molecule has 0 saturated carbocycles. The van der Waals surface area contributed by atoms with E-state index in [4.69, 9.17) is 9.47 Å². The number of hydrogen-bond donors (Lipinski definition) is 0. The number of esters is 1. The maximum Gasteiger partial charge on any atom is 0.307 e. The fraction of sp³-hybridized carbons (Fsp3) is 0.524. The summed E-state index contributed by atoms with van der Waals surface area (Å²) in [5.41, 5.74) is 0.927. The van der Waals surface area contributed by atoms with Gasteiger partial charge in [0.2, 0.25) is 5.91 Å². The fourth-order valence-corrected chi connectivity index (χ4v) is 2.37. The Hall–Kier alpha value is -2.30. The molecule has 0 heterocycles. The zero-order valence-corrected chi connectivity index (χ0v) is 16.4. The molecule has 0 fully saturated rings. The molecule has 0 N–H and O–H groups in total. The summed E-state index contributed by atoms with van der Waals surface area (Å²) in [5.74, 6) is 0.446. The first-order valence-electron chi connectivity index (χ1n) is 9.38. The molecule has 0 aliphatic heterocycles. The molecule has 1 aromatic rings. The van der Waals surface area contributed by atoms with Gasteiger partial charge in [-0.3, -0.25) is 9.59 Å². The molecule has 1 rings (SSSR count). The van der Waals surface area contributed by atoms with E-state index in [1.54, 1.807) is 24.0 Å². The van der Waals surface area contributed by atoms with E-state index >= 15 is 0 Å². The van der Waals surface area contributed by atoms with Gasteiger partial charge in [-0.05, 0) is 50.5 Å². The lowest BCUT2D eigenvalue weighted by Crippen LogP contribution is -2.38. The highest BCUT2D eigenvalue weighted by molar-refractivity contribution is 5.92. The molecule has 5 heteroatoms. The number of hydrogen-bond acceptors (Lipinski definition) is 4. The molecule has 0 saturated heterocycles. The smallest absolute Gasteiger partial charge is 0.307 e. The van der Waals surface area contributed by atoms with Crippen LogP contribution in [0.5, 0.6) is 5.75 Å². The van der Waals surface area contributed by atoms with Crippen LogP contribution in [0.2, 0.25) is 0 Å². The number of ether oxygens (including phenoxy) is 2. The van der Waals surface area contributed by atoms with Gasteiger partial charge in [0.15, 0.2) is 0 Å². The predicted octanol–water partition coefficient (Wildman–Crippen LogP) is 4.07. The Kier molecular flexibility index (Phi) is 10.1. The lowest BCUT2D eigenvalue weighted by Gasteiger charge is -2.27. The molecule has 1 aromatic carbocycles. The van der Waals surface area contributed by atoms with Crippen molar-refractivity contribution in [3.8, 4) is 5.75 Å². The summed E-state index contributed by atoms with van der Waals surface area (Å²) < 4.78 is 10.5. The van der Waals surface area contributed by atoms with Crippen LogP contribution in [-0.4, -0.2) is 42.6 Å². The van der Waals surface area contributed by atoms with Crippen LogP contribution in [0.15, 0.2) is 30.3 Å². The Bertz CT molecular complexity index is 580. The third-order valence-electron chi connectivity index (χ3n) is 4.04. The minimum atomic E-state index is -0.278. The first-order chi connectivity index (χ1) is 12.5. The molecule has 0 aromatic heterocycles. The Labute approximate surface area is 157 Å². The Balaban J connectivity index is 2.69. The zero-order valence-electron chi connectivity index (χ0n) is 16.4. The van der Waals surface area contributed by atoms with Gasteiger partial charge in [-0.1, -0.05) is 26.0 Å². The predicted molar refractivity (Wildman–Crippen MR) is 104 cm³/mol. The topological polar surface area (TPSA) is 55.8 Å². The van der Waals surface area contributed by atoms with Crippen LogP contribution >= 0.6 is 0 Å². The summed E-state index contributed by atoms with van der Waals surface area (Å²) in [6.45, 7) is 9.25. The summed E-state index contributed by atoms with van der Waals surface area (Å²) in [5, 5.41) is 0. The highest BCUT2D eigenvalue weighted by Gasteiger charge is 2.18. The van der Waals surface area contributed by atoms with Crippen LogP contribution in [0.1, 0.15) is 52.5 Å². The first kappa shape index (κ1) is 21.7. The van der Waals surface area contributed by atoms with Gasteiger partial charge in [0.05, 0.1) is 19.6 Å². The van der Waals surface area contributed by atoms with Crippen LogP contribution in [-0.2, 0) is 14.3 Å². The number of carbonyl (C=O) groups excluding carboxylic acids is 2. The van der Waals surface area contributed by atoms with Crippen LogP contribution in [0, 0.1) is 0 Å². The second-order valence-electron chi connectivity index (χ2n) is 6.09. The van der Waals surface area contributed by atoms with Crippen molar-refractivity contribution in [3.05, 3.63) is 35.9 Å². The standard InChI is InChI=1S/C21H31NO4/c1-5-16-26-19-11-8-18(9-12-19)10-13-20(23)22(17(4)6-2)15-14-21(24)25-7-3/h8-13,17H,5-7,14-16H2,1-4H3/b13-10+. The van der Waals surface area contributed by atoms with Gasteiger partial charge in [0, 0.05) is 18.7 Å². The molecule has 0 bridgehead atoms. The van der Waals surface area contributed by atoms with Crippen molar-refractivity contribution in [1.29, 1.82) is 0 Å². The second kappa shape index (κ2) is 12.1. The van der Waals surface area contributed by atoms with Crippen LogP contribution in [0.3, 0.4) is 0 Å². The number of nitrogens with zero attached hydrogens (tertiary/aromatic N) is 1. The highest BCUT2D eigenvalue weighted by Crippen LogP contribution is 2.14. The highest BCUT2D eigenvalue weighted by atomic mass is 16.5.